The molecule has 2 N–H and O–H groups in total. The lowest BCUT2D eigenvalue weighted by Crippen LogP contribution is -2.22. The maximum atomic E-state index is 12.5. The molecule has 0 aliphatic rings. The molecule has 1 aromatic carbocycles. The number of halogens is 2. The van der Waals surface area contributed by atoms with E-state index in [2.05, 4.69) is 4.74 Å². The molecule has 5 heteroatoms. The molecule has 0 fully saturated rings. The molecule has 3 nitrogen and oxygen atoms in total. The normalized spacial score (nSPS) is 11.4. The van der Waals surface area contributed by atoms with Crippen molar-refractivity contribution in [3.8, 4) is 0 Å². The fraction of sp³-hybridized carbons (Fsp3) is 0.222. The Morgan fingerprint density at radius 2 is 1.93 bits per heavy atom. The van der Waals surface area contributed by atoms with Gasteiger partial charge in [-0.3, -0.25) is 4.79 Å². The molecule has 0 bridgehead atoms. The van der Waals surface area contributed by atoms with Gasteiger partial charge >= 0.3 is 5.97 Å². The Hall–Kier alpha value is -1.13. The summed E-state index contributed by atoms with van der Waals surface area (Å²) < 4.78 is 16.9. The average Bonchev–Trinajstić information content (AvgIpc) is 2.17. The number of methoxy groups -OCH3 is 1. The van der Waals surface area contributed by atoms with Gasteiger partial charge in [-0.15, -0.1) is 12.4 Å². The largest absolute Gasteiger partial charge is 0.468 e. The molecule has 78 valence electrons. The Labute approximate surface area is 87.5 Å². The van der Waals surface area contributed by atoms with E-state index in [1.165, 1.54) is 31.4 Å². The number of carbonyl (C=O) groups excluding carboxylic acids is 1. The van der Waals surface area contributed by atoms with E-state index in [9.17, 15) is 9.18 Å². The third-order valence-electron chi connectivity index (χ3n) is 1.68. The van der Waals surface area contributed by atoms with Crippen LogP contribution in [-0.2, 0) is 9.53 Å². The summed E-state index contributed by atoms with van der Waals surface area (Å²) in [6.07, 6.45) is 0. The molecule has 0 saturated carbocycles. The summed E-state index contributed by atoms with van der Waals surface area (Å²) in [5, 5.41) is 0. The molecule has 0 heterocycles. The maximum Gasteiger partial charge on any atom is 0.327 e. The van der Waals surface area contributed by atoms with Gasteiger partial charge in [-0.2, -0.15) is 0 Å². The van der Waals surface area contributed by atoms with Crippen LogP contribution in [0, 0.1) is 5.82 Å². The molecule has 1 aromatic rings. The standard InChI is InChI=1S/C9H10FNO2.ClH/c1-13-9(12)8(11)6-2-4-7(10)5-3-6;/h2-5,8H,11H2,1H3;1H/t8-;/m1./s1. The van der Waals surface area contributed by atoms with Gasteiger partial charge in [0.25, 0.3) is 0 Å². The van der Waals surface area contributed by atoms with Gasteiger partial charge in [-0.1, -0.05) is 12.1 Å². The zero-order valence-corrected chi connectivity index (χ0v) is 8.38. The van der Waals surface area contributed by atoms with Gasteiger partial charge < -0.3 is 10.5 Å². The van der Waals surface area contributed by atoms with Crippen LogP contribution < -0.4 is 5.73 Å². The molecule has 14 heavy (non-hydrogen) atoms. The Bertz CT molecular complexity index is 302. The highest BCUT2D eigenvalue weighted by Crippen LogP contribution is 2.11. The zero-order valence-electron chi connectivity index (χ0n) is 7.57. The van der Waals surface area contributed by atoms with Gasteiger partial charge in [0.2, 0.25) is 0 Å². The molecule has 0 aromatic heterocycles. The van der Waals surface area contributed by atoms with Crippen molar-refractivity contribution in [1.29, 1.82) is 0 Å². The monoisotopic (exact) mass is 219 g/mol. The first kappa shape index (κ1) is 12.9. The van der Waals surface area contributed by atoms with Crippen LogP contribution in [0.1, 0.15) is 11.6 Å². The molecule has 0 amide bonds. The molecule has 0 radical (unpaired) electrons. The lowest BCUT2D eigenvalue weighted by molar-refractivity contribution is -0.142. The van der Waals surface area contributed by atoms with Gasteiger partial charge in [-0.25, -0.2) is 4.39 Å². The number of carbonyl (C=O) groups is 1. The van der Waals surface area contributed by atoms with E-state index in [1.807, 2.05) is 0 Å². The van der Waals surface area contributed by atoms with Crippen molar-refractivity contribution in [3.63, 3.8) is 0 Å². The highest BCUT2D eigenvalue weighted by atomic mass is 35.5. The predicted octanol–water partition coefficient (Wildman–Crippen LogP) is 1.42. The van der Waals surface area contributed by atoms with Crippen LogP contribution in [0.4, 0.5) is 4.39 Å². The number of esters is 1. The first-order chi connectivity index (χ1) is 6.15. The SMILES string of the molecule is COC(=O)[C@H](N)c1ccc(F)cc1.Cl. The number of hydrogen-bond donors (Lipinski definition) is 1. The summed E-state index contributed by atoms with van der Waals surface area (Å²) in [4.78, 5) is 11.0. The highest BCUT2D eigenvalue weighted by molar-refractivity contribution is 5.85. The van der Waals surface area contributed by atoms with E-state index in [0.29, 0.717) is 5.56 Å². The van der Waals surface area contributed by atoms with E-state index in [4.69, 9.17) is 5.73 Å². The summed E-state index contributed by atoms with van der Waals surface area (Å²) in [7, 11) is 1.26. The number of nitrogens with two attached hydrogens (primary N) is 1. The van der Waals surface area contributed by atoms with Crippen LogP contribution in [0.3, 0.4) is 0 Å². The minimum absolute atomic E-state index is 0. The van der Waals surface area contributed by atoms with E-state index in [1.54, 1.807) is 0 Å². The van der Waals surface area contributed by atoms with Crippen LogP contribution >= 0.6 is 12.4 Å². The molecule has 0 aliphatic heterocycles. The van der Waals surface area contributed by atoms with E-state index in [0.717, 1.165) is 0 Å². The molecule has 0 aliphatic carbocycles. The average molecular weight is 220 g/mol. The second-order valence-electron chi connectivity index (χ2n) is 2.55. The van der Waals surface area contributed by atoms with E-state index >= 15 is 0 Å². The highest BCUT2D eigenvalue weighted by Gasteiger charge is 2.15. The van der Waals surface area contributed by atoms with Crippen LogP contribution in [0.5, 0.6) is 0 Å². The van der Waals surface area contributed by atoms with Crippen molar-refractivity contribution in [1.82, 2.24) is 0 Å². The van der Waals surface area contributed by atoms with Gasteiger partial charge in [0.05, 0.1) is 7.11 Å². The van der Waals surface area contributed by atoms with Gasteiger partial charge in [-0.05, 0) is 17.7 Å². The van der Waals surface area contributed by atoms with Crippen LogP contribution in [0.25, 0.3) is 0 Å². The fourth-order valence-electron chi connectivity index (χ4n) is 0.933. The van der Waals surface area contributed by atoms with Crippen molar-refractivity contribution >= 4 is 18.4 Å². The topological polar surface area (TPSA) is 52.3 Å². The Balaban J connectivity index is 0.00000169. The van der Waals surface area contributed by atoms with Gasteiger partial charge in [0.15, 0.2) is 0 Å². The van der Waals surface area contributed by atoms with Gasteiger partial charge in [0.1, 0.15) is 11.9 Å². The quantitative estimate of drug-likeness (QED) is 0.766. The predicted molar refractivity (Wildman–Crippen MR) is 52.6 cm³/mol. The molecule has 0 unspecified atom stereocenters. The lowest BCUT2D eigenvalue weighted by Gasteiger charge is -2.08. The molecule has 1 rings (SSSR count). The summed E-state index contributed by atoms with van der Waals surface area (Å²) in [6.45, 7) is 0. The third kappa shape index (κ3) is 2.97. The molecule has 1 atom stereocenters. The Morgan fingerprint density at radius 1 is 1.43 bits per heavy atom. The number of hydrogen-bond acceptors (Lipinski definition) is 3. The van der Waals surface area contributed by atoms with E-state index < -0.39 is 12.0 Å². The summed E-state index contributed by atoms with van der Waals surface area (Å²) in [6, 6.07) is 4.56. The Kier molecular flexibility index (Phi) is 5.12. The molecular formula is C9H11ClFNO2. The summed E-state index contributed by atoms with van der Waals surface area (Å²) >= 11 is 0. The van der Waals surface area contributed by atoms with Gasteiger partial charge in [0, 0.05) is 0 Å². The first-order valence-electron chi connectivity index (χ1n) is 3.74. The van der Waals surface area contributed by atoms with Crippen molar-refractivity contribution < 1.29 is 13.9 Å². The summed E-state index contributed by atoms with van der Waals surface area (Å²) in [5.41, 5.74) is 6.04. The van der Waals surface area contributed by atoms with Crippen LogP contribution in [0.15, 0.2) is 24.3 Å². The fourth-order valence-corrected chi connectivity index (χ4v) is 0.933. The smallest absolute Gasteiger partial charge is 0.327 e. The van der Waals surface area contributed by atoms with E-state index in [-0.39, 0.29) is 18.2 Å². The maximum absolute atomic E-state index is 12.5. The number of benzene rings is 1. The zero-order chi connectivity index (χ0) is 9.84. The third-order valence-corrected chi connectivity index (χ3v) is 1.68. The number of rotatable bonds is 2. The van der Waals surface area contributed by atoms with Crippen molar-refractivity contribution in [3.05, 3.63) is 35.6 Å². The second-order valence-corrected chi connectivity index (χ2v) is 2.55. The Morgan fingerprint density at radius 3 is 2.36 bits per heavy atom. The number of ether oxygens (including phenoxy) is 1. The van der Waals surface area contributed by atoms with Crippen LogP contribution in [0.2, 0.25) is 0 Å². The van der Waals surface area contributed by atoms with Crippen LogP contribution in [-0.4, -0.2) is 13.1 Å². The molecule has 0 saturated heterocycles. The van der Waals surface area contributed by atoms with Crippen molar-refractivity contribution in [2.45, 2.75) is 6.04 Å². The minimum atomic E-state index is -0.842. The lowest BCUT2D eigenvalue weighted by atomic mass is 10.1. The molecule has 0 spiro atoms. The first-order valence-corrected chi connectivity index (χ1v) is 3.74. The molecular weight excluding hydrogens is 209 g/mol. The van der Waals surface area contributed by atoms with Crippen molar-refractivity contribution in [2.24, 2.45) is 5.73 Å². The minimum Gasteiger partial charge on any atom is -0.468 e. The summed E-state index contributed by atoms with van der Waals surface area (Å²) in [5.74, 6) is -0.896. The van der Waals surface area contributed by atoms with Crippen molar-refractivity contribution in [2.75, 3.05) is 7.11 Å². The second kappa shape index (κ2) is 5.57.